The molecule has 0 saturated carbocycles. The molecule has 0 bridgehead atoms. The molecular formula is C38H31NO7. The summed E-state index contributed by atoms with van der Waals surface area (Å²) in [4.78, 5) is 67.9. The molecule has 0 spiro atoms. The zero-order valence-electron chi connectivity index (χ0n) is 25.4. The van der Waals surface area contributed by atoms with E-state index in [0.717, 1.165) is 11.1 Å². The molecule has 3 aromatic rings. The molecule has 7 rings (SSSR count). The van der Waals surface area contributed by atoms with Gasteiger partial charge in [-0.05, 0) is 74.6 Å². The van der Waals surface area contributed by atoms with Crippen LogP contribution < -0.4 is 9.64 Å². The van der Waals surface area contributed by atoms with Gasteiger partial charge in [0.15, 0.2) is 17.3 Å². The number of Topliss-reactive ketones (excluding diaryl/α,β-unsaturated/α-hetero) is 2. The Morgan fingerprint density at radius 3 is 2.37 bits per heavy atom. The smallest absolute Gasteiger partial charge is 0.238 e. The van der Waals surface area contributed by atoms with Gasteiger partial charge in [-0.15, -0.1) is 0 Å². The summed E-state index contributed by atoms with van der Waals surface area (Å²) in [7, 11) is 0. The van der Waals surface area contributed by atoms with Gasteiger partial charge in [0.2, 0.25) is 11.8 Å². The molecule has 8 nitrogen and oxygen atoms in total. The molecule has 1 N–H and O–H groups in total. The first-order chi connectivity index (χ1) is 22.1. The molecule has 1 saturated heterocycles. The van der Waals surface area contributed by atoms with E-state index in [-0.39, 0.29) is 47.8 Å². The lowest BCUT2D eigenvalue weighted by molar-refractivity contribution is -0.123. The topological polar surface area (TPSA) is 118 Å². The third kappa shape index (κ3) is 4.72. The third-order valence-electron chi connectivity index (χ3n) is 9.66. The van der Waals surface area contributed by atoms with Crippen molar-refractivity contribution in [2.24, 2.45) is 17.8 Å². The number of phenolic OH excluding ortho intramolecular Hbond substituents is 1. The fourth-order valence-corrected chi connectivity index (χ4v) is 7.44. The highest BCUT2D eigenvalue weighted by Gasteiger charge is 2.56. The van der Waals surface area contributed by atoms with Crippen LogP contribution in [0.25, 0.3) is 0 Å². The van der Waals surface area contributed by atoms with Crippen LogP contribution in [0.4, 0.5) is 5.69 Å². The summed E-state index contributed by atoms with van der Waals surface area (Å²) in [5.41, 5.74) is 3.94. The number of ketones is 3. The highest BCUT2D eigenvalue weighted by Crippen LogP contribution is 2.56. The Labute approximate surface area is 265 Å². The van der Waals surface area contributed by atoms with Crippen LogP contribution in [-0.2, 0) is 25.8 Å². The van der Waals surface area contributed by atoms with Crippen molar-refractivity contribution < 1.29 is 33.8 Å². The van der Waals surface area contributed by atoms with Gasteiger partial charge in [-0.25, -0.2) is 0 Å². The molecule has 4 aliphatic rings. The van der Waals surface area contributed by atoms with E-state index in [1.54, 1.807) is 43.3 Å². The molecule has 8 heteroatoms. The first-order valence-corrected chi connectivity index (χ1v) is 15.3. The Balaban J connectivity index is 1.27. The fraction of sp³-hybridized carbons (Fsp3) is 0.237. The lowest BCUT2D eigenvalue weighted by Crippen LogP contribution is -2.39. The molecule has 230 valence electrons. The number of fused-ring (bicyclic) bond motifs is 3. The number of amides is 2. The van der Waals surface area contributed by atoms with Crippen LogP contribution in [0.2, 0.25) is 0 Å². The summed E-state index contributed by atoms with van der Waals surface area (Å²) in [6.07, 6.45) is 3.67. The van der Waals surface area contributed by atoms with Crippen molar-refractivity contribution in [3.05, 3.63) is 124 Å². The molecule has 1 fully saturated rings. The molecule has 0 radical (unpaired) electrons. The number of nitrogens with zero attached hydrogens (tertiary/aromatic N) is 1. The number of benzene rings is 3. The number of hydrogen-bond donors (Lipinski definition) is 1. The van der Waals surface area contributed by atoms with Crippen molar-refractivity contribution in [2.45, 2.75) is 39.2 Å². The maximum Gasteiger partial charge on any atom is 0.238 e. The van der Waals surface area contributed by atoms with Crippen LogP contribution in [-0.4, -0.2) is 34.3 Å². The number of carbonyl (C=O) groups excluding carboxylic acids is 5. The largest absolute Gasteiger partial charge is 0.507 e. The van der Waals surface area contributed by atoms with Crippen LogP contribution in [0, 0.1) is 17.8 Å². The fourth-order valence-electron chi connectivity index (χ4n) is 7.44. The van der Waals surface area contributed by atoms with E-state index in [0.29, 0.717) is 45.9 Å². The summed E-state index contributed by atoms with van der Waals surface area (Å²) in [5, 5.41) is 11.4. The number of hydrogen-bond acceptors (Lipinski definition) is 7. The number of aromatic hydroxyl groups is 1. The second-order valence-electron chi connectivity index (χ2n) is 12.3. The standard InChI is InChI=1S/C38H31NO7/c1-20-16-32(42)35-30(36(20)43)18-29-26(33(35)27-13-12-25(17-31(27)41)46-19-22-6-4-3-5-7-22)14-15-28-34(29)38(45)39(37(28)44)24-10-8-23(9-11-24)21(2)40/h3-14,16-17,28-29,33-34,41H,15,18-19H2,1-2H3/t28-,29+,33+,34-/m0/s1. The van der Waals surface area contributed by atoms with Gasteiger partial charge in [0, 0.05) is 39.8 Å². The van der Waals surface area contributed by atoms with E-state index in [2.05, 4.69) is 0 Å². The summed E-state index contributed by atoms with van der Waals surface area (Å²) in [5.74, 6) is -3.75. The van der Waals surface area contributed by atoms with Crippen LogP contribution in [0.3, 0.4) is 0 Å². The quantitative estimate of drug-likeness (QED) is 0.161. The minimum atomic E-state index is -0.773. The summed E-state index contributed by atoms with van der Waals surface area (Å²) in [6.45, 7) is 3.35. The number of anilines is 1. The maximum atomic E-state index is 14.1. The highest BCUT2D eigenvalue weighted by molar-refractivity contribution is 6.25. The zero-order chi connectivity index (χ0) is 32.3. The molecule has 2 amide bonds. The minimum absolute atomic E-state index is 0.0985. The van der Waals surface area contributed by atoms with Gasteiger partial charge in [0.05, 0.1) is 17.5 Å². The van der Waals surface area contributed by atoms with E-state index in [1.807, 2.05) is 36.4 Å². The van der Waals surface area contributed by atoms with Crippen molar-refractivity contribution >= 4 is 34.9 Å². The van der Waals surface area contributed by atoms with Crippen molar-refractivity contribution in [3.63, 3.8) is 0 Å². The lowest BCUT2D eigenvalue weighted by Gasteiger charge is -2.42. The van der Waals surface area contributed by atoms with Gasteiger partial charge in [0.1, 0.15) is 18.1 Å². The first-order valence-electron chi connectivity index (χ1n) is 15.3. The first kappa shape index (κ1) is 29.3. The Kier molecular flexibility index (Phi) is 7.15. The number of allylic oxidation sites excluding steroid dienone is 6. The average Bonchev–Trinajstić information content (AvgIpc) is 3.31. The minimum Gasteiger partial charge on any atom is -0.507 e. The SMILES string of the molecule is CC(=O)c1ccc(N2C(=O)[C@H]3[C@H](CC=C4[C@H](c5ccc(OCc6ccccc6)cc5O)C5=C(C[C@H]43)C(=O)C(C)=CC5=O)C2=O)cc1. The molecule has 3 aliphatic carbocycles. The average molecular weight is 614 g/mol. The van der Waals surface area contributed by atoms with Crippen LogP contribution in [0.15, 0.2) is 107 Å². The normalized spacial score (nSPS) is 23.8. The molecule has 0 unspecified atom stereocenters. The Morgan fingerprint density at radius 1 is 0.935 bits per heavy atom. The molecule has 46 heavy (non-hydrogen) atoms. The molecule has 1 aliphatic heterocycles. The summed E-state index contributed by atoms with van der Waals surface area (Å²) < 4.78 is 5.91. The van der Waals surface area contributed by atoms with Gasteiger partial charge < -0.3 is 9.84 Å². The summed E-state index contributed by atoms with van der Waals surface area (Å²) in [6, 6.07) is 20.9. The van der Waals surface area contributed by atoms with Crippen molar-refractivity contribution in [3.8, 4) is 11.5 Å². The molecule has 1 heterocycles. The van der Waals surface area contributed by atoms with Crippen LogP contribution in [0.5, 0.6) is 11.5 Å². The molecular weight excluding hydrogens is 582 g/mol. The Morgan fingerprint density at radius 2 is 1.67 bits per heavy atom. The number of imide groups is 1. The van der Waals surface area contributed by atoms with Crippen molar-refractivity contribution in [1.29, 1.82) is 0 Å². The van der Waals surface area contributed by atoms with Gasteiger partial charge in [0.25, 0.3) is 0 Å². The van der Waals surface area contributed by atoms with Gasteiger partial charge >= 0.3 is 0 Å². The summed E-state index contributed by atoms with van der Waals surface area (Å²) >= 11 is 0. The zero-order valence-corrected chi connectivity index (χ0v) is 25.4. The lowest BCUT2D eigenvalue weighted by atomic mass is 9.59. The van der Waals surface area contributed by atoms with Crippen molar-refractivity contribution in [1.82, 2.24) is 0 Å². The molecule has 4 atom stereocenters. The highest BCUT2D eigenvalue weighted by atomic mass is 16.5. The van der Waals surface area contributed by atoms with Crippen LogP contribution >= 0.6 is 0 Å². The van der Waals surface area contributed by atoms with E-state index in [1.165, 1.54) is 24.0 Å². The number of phenols is 1. The second-order valence-corrected chi connectivity index (χ2v) is 12.3. The number of rotatable bonds is 6. The Hall–Kier alpha value is -5.37. The van der Waals surface area contributed by atoms with Crippen LogP contribution in [0.1, 0.15) is 54.1 Å². The van der Waals surface area contributed by atoms with E-state index < -0.39 is 23.7 Å². The molecule has 0 aromatic heterocycles. The monoisotopic (exact) mass is 613 g/mol. The predicted octanol–water partition coefficient (Wildman–Crippen LogP) is 5.81. The third-order valence-corrected chi connectivity index (χ3v) is 9.66. The predicted molar refractivity (Wildman–Crippen MR) is 169 cm³/mol. The Bertz CT molecular complexity index is 1930. The van der Waals surface area contributed by atoms with Gasteiger partial charge in [-0.2, -0.15) is 0 Å². The van der Waals surface area contributed by atoms with E-state index >= 15 is 0 Å². The molecule has 3 aromatic carbocycles. The number of carbonyl (C=O) groups is 5. The van der Waals surface area contributed by atoms with E-state index in [9.17, 15) is 29.1 Å². The van der Waals surface area contributed by atoms with Crippen molar-refractivity contribution in [2.75, 3.05) is 4.90 Å². The number of ether oxygens (including phenoxy) is 1. The van der Waals surface area contributed by atoms with Gasteiger partial charge in [-0.3, -0.25) is 28.9 Å². The maximum absolute atomic E-state index is 14.1. The second kappa shape index (κ2) is 11.2. The van der Waals surface area contributed by atoms with Gasteiger partial charge in [-0.1, -0.05) is 48.0 Å². The van der Waals surface area contributed by atoms with E-state index in [4.69, 9.17) is 4.74 Å².